The van der Waals surface area contributed by atoms with Gasteiger partial charge in [-0.2, -0.15) is 0 Å². The average Bonchev–Trinajstić information content (AvgIpc) is 2.35. The molecule has 0 aliphatic rings. The second-order valence-electron chi connectivity index (χ2n) is 3.60. The molecule has 92 valence electrons. The first-order valence-corrected chi connectivity index (χ1v) is 5.72. The Kier molecular flexibility index (Phi) is 5.73. The third kappa shape index (κ3) is 4.59. The minimum absolute atomic E-state index is 0.301. The van der Waals surface area contributed by atoms with Gasteiger partial charge in [0, 0.05) is 23.7 Å². The van der Waals surface area contributed by atoms with Gasteiger partial charge in [-0.05, 0) is 18.6 Å². The lowest BCUT2D eigenvalue weighted by Crippen LogP contribution is -2.14. The van der Waals surface area contributed by atoms with Crippen molar-refractivity contribution in [2.24, 2.45) is 0 Å². The van der Waals surface area contributed by atoms with Crippen LogP contribution in [0.5, 0.6) is 0 Å². The fourth-order valence-corrected chi connectivity index (χ4v) is 1.52. The smallest absolute Gasteiger partial charge is 0.333 e. The van der Waals surface area contributed by atoms with Gasteiger partial charge in [-0.15, -0.1) is 0 Å². The molecule has 0 amide bonds. The number of hydrogen-bond donors (Lipinski definition) is 1. The molecule has 1 N–H and O–H groups in total. The van der Waals surface area contributed by atoms with E-state index in [4.69, 9.17) is 11.6 Å². The maximum absolute atomic E-state index is 11.1. The van der Waals surface area contributed by atoms with Crippen molar-refractivity contribution in [2.45, 2.75) is 13.5 Å². The molecule has 0 fully saturated rings. The fourth-order valence-electron chi connectivity index (χ4n) is 1.32. The third-order valence-electron chi connectivity index (χ3n) is 2.33. The number of carbonyl (C=O) groups excluding carboxylic acids is 1. The van der Waals surface area contributed by atoms with E-state index in [1.807, 2.05) is 24.3 Å². The quantitative estimate of drug-likeness (QED) is 0.498. The van der Waals surface area contributed by atoms with E-state index in [1.54, 1.807) is 13.0 Å². The Hall–Kier alpha value is -1.32. The number of esters is 1. The van der Waals surface area contributed by atoms with Crippen molar-refractivity contribution < 1.29 is 9.53 Å². The minimum Gasteiger partial charge on any atom is -0.466 e. The van der Waals surface area contributed by atoms with Gasteiger partial charge in [-0.25, -0.2) is 4.79 Å². The number of ether oxygens (including phenoxy) is 1. The van der Waals surface area contributed by atoms with Crippen LogP contribution in [-0.2, 0) is 16.1 Å². The van der Waals surface area contributed by atoms with Gasteiger partial charge in [0.1, 0.15) is 0 Å². The van der Waals surface area contributed by atoms with E-state index >= 15 is 0 Å². The number of nitrogens with one attached hydrogen (secondary N) is 1. The number of benzene rings is 1. The summed E-state index contributed by atoms with van der Waals surface area (Å²) >= 11 is 6.01. The Morgan fingerprint density at radius 3 is 2.82 bits per heavy atom. The van der Waals surface area contributed by atoms with Crippen molar-refractivity contribution >= 4 is 17.6 Å². The Balaban J connectivity index is 2.39. The standard InChI is InChI=1S/C13H16ClNO2/c1-10(13(16)17-2)7-8-15-9-11-5-3-4-6-12(11)14/h3-7,15H,8-9H2,1-2H3/b10-7+. The van der Waals surface area contributed by atoms with E-state index in [9.17, 15) is 4.79 Å². The first kappa shape index (κ1) is 13.7. The maximum Gasteiger partial charge on any atom is 0.333 e. The van der Waals surface area contributed by atoms with E-state index in [2.05, 4.69) is 10.1 Å². The minimum atomic E-state index is -0.301. The van der Waals surface area contributed by atoms with Crippen LogP contribution < -0.4 is 5.32 Å². The van der Waals surface area contributed by atoms with Crippen LogP contribution >= 0.6 is 11.6 Å². The van der Waals surface area contributed by atoms with Crippen LogP contribution in [-0.4, -0.2) is 19.6 Å². The van der Waals surface area contributed by atoms with E-state index in [1.165, 1.54) is 7.11 Å². The van der Waals surface area contributed by atoms with Gasteiger partial charge in [0.2, 0.25) is 0 Å². The summed E-state index contributed by atoms with van der Waals surface area (Å²) in [5, 5.41) is 3.93. The molecule has 4 heteroatoms. The first-order valence-electron chi connectivity index (χ1n) is 5.34. The molecule has 0 radical (unpaired) electrons. The molecule has 0 aromatic heterocycles. The van der Waals surface area contributed by atoms with Crippen LogP contribution in [0.15, 0.2) is 35.9 Å². The maximum atomic E-state index is 11.1. The summed E-state index contributed by atoms with van der Waals surface area (Å²) in [6, 6.07) is 7.66. The van der Waals surface area contributed by atoms with Crippen LogP contribution in [0.4, 0.5) is 0 Å². The zero-order chi connectivity index (χ0) is 12.7. The van der Waals surface area contributed by atoms with E-state index in [-0.39, 0.29) is 5.97 Å². The predicted molar refractivity (Wildman–Crippen MR) is 68.9 cm³/mol. The molecule has 0 bridgehead atoms. The fraction of sp³-hybridized carbons (Fsp3) is 0.308. The highest BCUT2D eigenvalue weighted by Gasteiger charge is 2.01. The predicted octanol–water partition coefficient (Wildman–Crippen LogP) is 2.55. The van der Waals surface area contributed by atoms with Crippen LogP contribution in [0.1, 0.15) is 12.5 Å². The summed E-state index contributed by atoms with van der Waals surface area (Å²) in [5.74, 6) is -0.301. The second-order valence-corrected chi connectivity index (χ2v) is 4.01. The average molecular weight is 254 g/mol. The number of halogens is 1. The topological polar surface area (TPSA) is 38.3 Å². The second kappa shape index (κ2) is 7.09. The molecule has 1 aromatic rings. The van der Waals surface area contributed by atoms with E-state index in [0.717, 1.165) is 10.6 Å². The summed E-state index contributed by atoms with van der Waals surface area (Å²) in [4.78, 5) is 11.1. The highest BCUT2D eigenvalue weighted by Crippen LogP contribution is 2.14. The zero-order valence-electron chi connectivity index (χ0n) is 10.00. The normalized spacial score (nSPS) is 11.4. The lowest BCUT2D eigenvalue weighted by Gasteiger charge is -2.04. The summed E-state index contributed by atoms with van der Waals surface area (Å²) in [6.07, 6.45) is 1.79. The lowest BCUT2D eigenvalue weighted by atomic mass is 10.2. The van der Waals surface area contributed by atoms with Gasteiger partial charge in [0.25, 0.3) is 0 Å². The lowest BCUT2D eigenvalue weighted by molar-refractivity contribution is -0.136. The molecule has 0 aliphatic carbocycles. The van der Waals surface area contributed by atoms with E-state index in [0.29, 0.717) is 18.7 Å². The van der Waals surface area contributed by atoms with Crippen molar-refractivity contribution in [3.05, 3.63) is 46.5 Å². The Morgan fingerprint density at radius 2 is 2.18 bits per heavy atom. The molecule has 3 nitrogen and oxygen atoms in total. The molecule has 0 spiro atoms. The highest BCUT2D eigenvalue weighted by molar-refractivity contribution is 6.31. The molecular formula is C13H16ClNO2. The molecule has 0 saturated carbocycles. The van der Waals surface area contributed by atoms with Crippen molar-refractivity contribution in [2.75, 3.05) is 13.7 Å². The number of hydrogen-bond acceptors (Lipinski definition) is 3. The van der Waals surface area contributed by atoms with Gasteiger partial charge in [0.05, 0.1) is 7.11 Å². The molecule has 0 unspecified atom stereocenters. The highest BCUT2D eigenvalue weighted by atomic mass is 35.5. The Morgan fingerprint density at radius 1 is 1.47 bits per heavy atom. The van der Waals surface area contributed by atoms with Crippen LogP contribution in [0.25, 0.3) is 0 Å². The summed E-state index contributed by atoms with van der Waals surface area (Å²) < 4.78 is 4.59. The SMILES string of the molecule is COC(=O)/C(C)=C/CNCc1ccccc1Cl. The summed E-state index contributed by atoms with van der Waals surface area (Å²) in [5.41, 5.74) is 1.64. The van der Waals surface area contributed by atoms with Gasteiger partial charge < -0.3 is 10.1 Å². The molecule has 1 rings (SSSR count). The van der Waals surface area contributed by atoms with Crippen molar-refractivity contribution in [1.29, 1.82) is 0 Å². The molecule has 0 atom stereocenters. The van der Waals surface area contributed by atoms with Gasteiger partial charge in [-0.3, -0.25) is 0 Å². The Bertz CT molecular complexity index is 416. The summed E-state index contributed by atoms with van der Waals surface area (Å²) in [7, 11) is 1.37. The van der Waals surface area contributed by atoms with E-state index < -0.39 is 0 Å². The zero-order valence-corrected chi connectivity index (χ0v) is 10.8. The monoisotopic (exact) mass is 253 g/mol. The van der Waals surface area contributed by atoms with Crippen molar-refractivity contribution in [3.63, 3.8) is 0 Å². The van der Waals surface area contributed by atoms with Gasteiger partial charge >= 0.3 is 5.97 Å². The molecule has 0 saturated heterocycles. The molecule has 17 heavy (non-hydrogen) atoms. The van der Waals surface area contributed by atoms with Crippen LogP contribution in [0.3, 0.4) is 0 Å². The van der Waals surface area contributed by atoms with Crippen molar-refractivity contribution in [3.8, 4) is 0 Å². The number of carbonyl (C=O) groups is 1. The van der Waals surface area contributed by atoms with Crippen LogP contribution in [0.2, 0.25) is 5.02 Å². The van der Waals surface area contributed by atoms with Gasteiger partial charge in [-0.1, -0.05) is 35.9 Å². The molecular weight excluding hydrogens is 238 g/mol. The molecule has 0 heterocycles. The number of methoxy groups -OCH3 is 1. The van der Waals surface area contributed by atoms with Crippen molar-refractivity contribution in [1.82, 2.24) is 5.32 Å². The number of rotatable bonds is 5. The molecule has 1 aromatic carbocycles. The van der Waals surface area contributed by atoms with Crippen LogP contribution in [0, 0.1) is 0 Å². The third-order valence-corrected chi connectivity index (χ3v) is 2.70. The Labute approximate surface area is 106 Å². The van der Waals surface area contributed by atoms with Gasteiger partial charge in [0.15, 0.2) is 0 Å². The molecule has 0 aliphatic heterocycles. The first-order chi connectivity index (χ1) is 8.15. The summed E-state index contributed by atoms with van der Waals surface area (Å²) in [6.45, 7) is 3.00. The largest absolute Gasteiger partial charge is 0.466 e.